The first kappa shape index (κ1) is 18.3. The van der Waals surface area contributed by atoms with Gasteiger partial charge in [0.1, 0.15) is 11.6 Å². The molecule has 0 saturated heterocycles. The van der Waals surface area contributed by atoms with Gasteiger partial charge >= 0.3 is 0 Å². The Morgan fingerprint density at radius 3 is 2.68 bits per heavy atom. The molecule has 0 saturated carbocycles. The molecule has 0 bridgehead atoms. The molecule has 0 atom stereocenters. The Kier molecular flexibility index (Phi) is 5.46. The lowest BCUT2D eigenvalue weighted by molar-refractivity contribution is -0.116. The predicted octanol–water partition coefficient (Wildman–Crippen LogP) is 4.38. The minimum absolute atomic E-state index is 0.132. The number of anilines is 1. The Labute approximate surface area is 163 Å². The summed E-state index contributed by atoms with van der Waals surface area (Å²) >= 11 is 0. The van der Waals surface area contributed by atoms with E-state index in [0.29, 0.717) is 12.0 Å². The second kappa shape index (κ2) is 8.33. The van der Waals surface area contributed by atoms with Crippen LogP contribution in [0.2, 0.25) is 0 Å². The zero-order valence-corrected chi connectivity index (χ0v) is 15.7. The summed E-state index contributed by atoms with van der Waals surface area (Å²) in [4.78, 5) is 12.2. The van der Waals surface area contributed by atoms with E-state index < -0.39 is 0 Å². The van der Waals surface area contributed by atoms with Crippen molar-refractivity contribution in [2.45, 2.75) is 45.1 Å². The van der Waals surface area contributed by atoms with Gasteiger partial charge in [-0.1, -0.05) is 24.6 Å². The molecule has 1 aliphatic heterocycles. The zero-order chi connectivity index (χ0) is 19.3. The van der Waals surface area contributed by atoms with Crippen molar-refractivity contribution in [3.05, 3.63) is 65.7 Å². The molecular weight excluding hydrogens is 355 g/mol. The summed E-state index contributed by atoms with van der Waals surface area (Å²) in [6.45, 7) is 0.951. The van der Waals surface area contributed by atoms with E-state index in [1.165, 1.54) is 12.5 Å². The first-order valence-electron chi connectivity index (χ1n) is 9.76. The highest BCUT2D eigenvalue weighted by atomic mass is 19.1. The molecule has 6 heteroatoms. The molecule has 0 unspecified atom stereocenters. The number of carbonyl (C=O) groups excluding carboxylic acids is 1. The minimum atomic E-state index is -0.271. The maximum Gasteiger partial charge on any atom is 0.224 e. The van der Waals surface area contributed by atoms with E-state index >= 15 is 0 Å². The van der Waals surface area contributed by atoms with E-state index in [1.807, 2.05) is 24.3 Å². The second-order valence-corrected chi connectivity index (χ2v) is 7.12. The topological polar surface area (TPSA) is 59.8 Å². The number of amides is 1. The van der Waals surface area contributed by atoms with Crippen LogP contribution in [-0.2, 0) is 24.2 Å². The SMILES string of the molecule is O=C(CCc1ccccc1F)Nc1ccc(-c2nnc3n2CCCCC3)cc1. The van der Waals surface area contributed by atoms with Gasteiger partial charge < -0.3 is 9.88 Å². The van der Waals surface area contributed by atoms with Crippen LogP contribution in [0, 0.1) is 5.82 Å². The highest BCUT2D eigenvalue weighted by Gasteiger charge is 2.16. The summed E-state index contributed by atoms with van der Waals surface area (Å²) in [6, 6.07) is 14.2. The van der Waals surface area contributed by atoms with Crippen LogP contribution in [-0.4, -0.2) is 20.7 Å². The Bertz CT molecular complexity index is 965. The fraction of sp³-hybridized carbons (Fsp3) is 0.318. The first-order valence-corrected chi connectivity index (χ1v) is 9.76. The molecule has 0 spiro atoms. The summed E-state index contributed by atoms with van der Waals surface area (Å²) in [6.07, 6.45) is 5.12. The molecule has 1 amide bonds. The average Bonchev–Trinajstić information content (AvgIpc) is 2.96. The predicted molar refractivity (Wildman–Crippen MR) is 106 cm³/mol. The smallest absolute Gasteiger partial charge is 0.224 e. The largest absolute Gasteiger partial charge is 0.326 e. The van der Waals surface area contributed by atoms with E-state index in [1.54, 1.807) is 18.2 Å². The molecule has 28 heavy (non-hydrogen) atoms. The highest BCUT2D eigenvalue weighted by Crippen LogP contribution is 2.24. The molecule has 144 valence electrons. The maximum atomic E-state index is 13.6. The number of aryl methyl sites for hydroxylation is 2. The zero-order valence-electron chi connectivity index (χ0n) is 15.7. The van der Waals surface area contributed by atoms with Crippen molar-refractivity contribution in [1.82, 2.24) is 14.8 Å². The fourth-order valence-electron chi connectivity index (χ4n) is 3.57. The normalized spacial score (nSPS) is 13.6. The van der Waals surface area contributed by atoms with Crippen LogP contribution in [0.4, 0.5) is 10.1 Å². The van der Waals surface area contributed by atoms with Gasteiger partial charge in [0.25, 0.3) is 0 Å². The van der Waals surface area contributed by atoms with Crippen molar-refractivity contribution >= 4 is 11.6 Å². The number of halogens is 1. The highest BCUT2D eigenvalue weighted by molar-refractivity contribution is 5.91. The molecule has 2 heterocycles. The van der Waals surface area contributed by atoms with Gasteiger partial charge in [-0.25, -0.2) is 4.39 Å². The van der Waals surface area contributed by atoms with E-state index in [-0.39, 0.29) is 18.1 Å². The number of carbonyl (C=O) groups is 1. The second-order valence-electron chi connectivity index (χ2n) is 7.12. The molecule has 1 N–H and O–H groups in total. The van der Waals surface area contributed by atoms with E-state index in [0.717, 1.165) is 48.7 Å². The van der Waals surface area contributed by atoms with Crippen LogP contribution in [0.25, 0.3) is 11.4 Å². The van der Waals surface area contributed by atoms with Gasteiger partial charge in [-0.2, -0.15) is 0 Å². The third-order valence-electron chi connectivity index (χ3n) is 5.12. The van der Waals surface area contributed by atoms with Crippen LogP contribution >= 0.6 is 0 Å². The third-order valence-corrected chi connectivity index (χ3v) is 5.12. The third kappa shape index (κ3) is 4.11. The number of fused-ring (bicyclic) bond motifs is 1. The number of rotatable bonds is 5. The van der Waals surface area contributed by atoms with Crippen LogP contribution < -0.4 is 5.32 Å². The summed E-state index contributed by atoms with van der Waals surface area (Å²) < 4.78 is 15.8. The summed E-state index contributed by atoms with van der Waals surface area (Å²) in [5, 5.41) is 11.6. The van der Waals surface area contributed by atoms with Crippen molar-refractivity contribution in [1.29, 1.82) is 0 Å². The Hall–Kier alpha value is -3.02. The van der Waals surface area contributed by atoms with Crippen LogP contribution in [0.5, 0.6) is 0 Å². The molecule has 0 radical (unpaired) electrons. The molecule has 1 aromatic heterocycles. The Balaban J connectivity index is 1.39. The number of aromatic nitrogens is 3. The summed E-state index contributed by atoms with van der Waals surface area (Å²) in [5.74, 6) is 1.53. The lowest BCUT2D eigenvalue weighted by Crippen LogP contribution is -2.12. The number of hydrogen-bond donors (Lipinski definition) is 1. The maximum absolute atomic E-state index is 13.6. The molecule has 4 rings (SSSR count). The molecular formula is C22H23FN4O. The van der Waals surface area contributed by atoms with Crippen molar-refractivity contribution in [3.63, 3.8) is 0 Å². The number of hydrogen-bond acceptors (Lipinski definition) is 3. The number of benzene rings is 2. The monoisotopic (exact) mass is 378 g/mol. The molecule has 3 aromatic rings. The van der Waals surface area contributed by atoms with Gasteiger partial charge in [0.2, 0.25) is 5.91 Å². The van der Waals surface area contributed by atoms with E-state index in [9.17, 15) is 9.18 Å². The Morgan fingerprint density at radius 2 is 1.86 bits per heavy atom. The lowest BCUT2D eigenvalue weighted by Gasteiger charge is -2.09. The number of nitrogens with one attached hydrogen (secondary N) is 1. The van der Waals surface area contributed by atoms with E-state index in [4.69, 9.17) is 0 Å². The molecule has 0 aliphatic carbocycles. The number of nitrogens with zero attached hydrogens (tertiary/aromatic N) is 3. The van der Waals surface area contributed by atoms with Crippen molar-refractivity contribution in [3.8, 4) is 11.4 Å². The van der Waals surface area contributed by atoms with E-state index in [2.05, 4.69) is 20.1 Å². The van der Waals surface area contributed by atoms with Gasteiger partial charge in [0.05, 0.1) is 0 Å². The summed E-state index contributed by atoms with van der Waals surface area (Å²) in [7, 11) is 0. The quantitative estimate of drug-likeness (QED) is 0.717. The fourth-order valence-corrected chi connectivity index (χ4v) is 3.57. The first-order chi connectivity index (χ1) is 13.7. The van der Waals surface area contributed by atoms with Gasteiger partial charge in [0.15, 0.2) is 5.82 Å². The molecule has 5 nitrogen and oxygen atoms in total. The van der Waals surface area contributed by atoms with Gasteiger partial charge in [-0.15, -0.1) is 10.2 Å². The lowest BCUT2D eigenvalue weighted by atomic mass is 10.1. The Morgan fingerprint density at radius 1 is 1.04 bits per heavy atom. The van der Waals surface area contributed by atoms with Crippen molar-refractivity contribution in [2.24, 2.45) is 0 Å². The average molecular weight is 378 g/mol. The van der Waals surface area contributed by atoms with Crippen molar-refractivity contribution < 1.29 is 9.18 Å². The molecule has 1 aliphatic rings. The summed E-state index contributed by atoms with van der Waals surface area (Å²) in [5.41, 5.74) is 2.27. The van der Waals surface area contributed by atoms with Gasteiger partial charge in [-0.3, -0.25) is 4.79 Å². The van der Waals surface area contributed by atoms with Gasteiger partial charge in [0, 0.05) is 30.6 Å². The van der Waals surface area contributed by atoms with Crippen LogP contribution in [0.1, 0.15) is 37.1 Å². The van der Waals surface area contributed by atoms with Crippen LogP contribution in [0.15, 0.2) is 48.5 Å². The minimum Gasteiger partial charge on any atom is -0.326 e. The van der Waals surface area contributed by atoms with Gasteiger partial charge in [-0.05, 0) is 55.2 Å². The standard InChI is InChI=1S/C22H23FN4O/c23-19-7-4-3-6-16(19)11-14-21(28)24-18-12-9-17(10-13-18)22-26-25-20-8-2-1-5-15-27(20)22/h3-4,6-7,9-10,12-13H,1-2,5,8,11,14-15H2,(H,24,28). The molecule has 2 aromatic carbocycles. The molecule has 0 fully saturated rings. The van der Waals surface area contributed by atoms with Crippen molar-refractivity contribution in [2.75, 3.05) is 5.32 Å². The van der Waals surface area contributed by atoms with Crippen LogP contribution in [0.3, 0.4) is 0 Å².